The monoisotopic (exact) mass is 174 g/mol. The van der Waals surface area contributed by atoms with Crippen molar-refractivity contribution in [3.05, 3.63) is 34.9 Å². The zero-order chi connectivity index (χ0) is 9.42. The molecular formula is C10H6O3. The average Bonchev–Trinajstić information content (AvgIpc) is 2.42. The van der Waals surface area contributed by atoms with Crippen LogP contribution in [0.2, 0.25) is 0 Å². The second-order valence-electron chi connectivity index (χ2n) is 2.96. The minimum atomic E-state index is -0.438. The van der Waals surface area contributed by atoms with Crippen LogP contribution in [0.1, 0.15) is 26.3 Å². The Balaban J connectivity index is 2.58. The molecule has 0 saturated carbocycles. The van der Waals surface area contributed by atoms with E-state index < -0.39 is 11.6 Å². The molecular weight excluding hydrogens is 168 g/mol. The highest BCUT2D eigenvalue weighted by Crippen LogP contribution is 2.20. The molecule has 0 saturated heterocycles. The number of aldehydes is 1. The fraction of sp³-hybridized carbons (Fsp3) is 0.100. The Hall–Kier alpha value is -1.77. The lowest BCUT2D eigenvalue weighted by Gasteiger charge is -1.95. The molecule has 0 N–H and O–H groups in total. The molecule has 0 amide bonds. The molecule has 0 atom stereocenters. The molecule has 1 aromatic rings. The number of carbonyl (C=O) groups excluding carboxylic acids is 3. The van der Waals surface area contributed by atoms with Crippen molar-refractivity contribution >= 4 is 17.9 Å². The van der Waals surface area contributed by atoms with E-state index in [1.54, 1.807) is 12.1 Å². The Morgan fingerprint density at radius 1 is 1.23 bits per heavy atom. The summed E-state index contributed by atoms with van der Waals surface area (Å²) in [6, 6.07) is 4.67. The van der Waals surface area contributed by atoms with Crippen LogP contribution in [0, 0.1) is 0 Å². The van der Waals surface area contributed by atoms with Gasteiger partial charge in [0.15, 0.2) is 0 Å². The predicted octanol–water partition coefficient (Wildman–Crippen LogP) is 0.807. The Morgan fingerprint density at radius 3 is 2.69 bits per heavy atom. The first-order valence-corrected chi connectivity index (χ1v) is 3.88. The van der Waals surface area contributed by atoms with Crippen molar-refractivity contribution in [3.8, 4) is 0 Å². The number of ketones is 2. The van der Waals surface area contributed by atoms with Gasteiger partial charge in [-0.15, -0.1) is 0 Å². The van der Waals surface area contributed by atoms with E-state index in [4.69, 9.17) is 0 Å². The van der Waals surface area contributed by atoms with Gasteiger partial charge in [0.2, 0.25) is 11.6 Å². The number of benzene rings is 1. The molecule has 13 heavy (non-hydrogen) atoms. The van der Waals surface area contributed by atoms with Gasteiger partial charge in [0, 0.05) is 17.5 Å². The summed E-state index contributed by atoms with van der Waals surface area (Å²) < 4.78 is 0. The molecule has 0 spiro atoms. The standard InChI is InChI=1S/C10H6O3/c11-5-6-1-2-8-7(3-6)4-9(12)10(8)13/h1-3,5H,4H2. The number of hydrogen-bond donors (Lipinski definition) is 0. The van der Waals surface area contributed by atoms with Crippen molar-refractivity contribution < 1.29 is 14.4 Å². The summed E-state index contributed by atoms with van der Waals surface area (Å²) in [5.41, 5.74) is 1.61. The average molecular weight is 174 g/mol. The number of hydrogen-bond acceptors (Lipinski definition) is 3. The highest BCUT2D eigenvalue weighted by Gasteiger charge is 2.27. The topological polar surface area (TPSA) is 51.2 Å². The molecule has 64 valence electrons. The van der Waals surface area contributed by atoms with Crippen LogP contribution in [0.25, 0.3) is 0 Å². The summed E-state index contributed by atoms with van der Waals surface area (Å²) in [6.45, 7) is 0. The fourth-order valence-corrected chi connectivity index (χ4v) is 1.46. The van der Waals surface area contributed by atoms with Crippen molar-refractivity contribution in [2.45, 2.75) is 6.42 Å². The first-order valence-electron chi connectivity index (χ1n) is 3.88. The van der Waals surface area contributed by atoms with Gasteiger partial charge in [0.25, 0.3) is 0 Å². The third-order valence-electron chi connectivity index (χ3n) is 2.11. The lowest BCUT2D eigenvalue weighted by molar-refractivity contribution is -0.114. The molecule has 0 radical (unpaired) electrons. The molecule has 3 nitrogen and oxygen atoms in total. The SMILES string of the molecule is O=Cc1ccc2c(c1)CC(=O)C2=O. The van der Waals surface area contributed by atoms with Crippen molar-refractivity contribution in [3.63, 3.8) is 0 Å². The van der Waals surface area contributed by atoms with E-state index in [9.17, 15) is 14.4 Å². The largest absolute Gasteiger partial charge is 0.298 e. The number of Topliss-reactive ketones (excluding diaryl/α,β-unsaturated/α-hetero) is 2. The van der Waals surface area contributed by atoms with Crippen LogP contribution in [0.5, 0.6) is 0 Å². The summed E-state index contributed by atoms with van der Waals surface area (Å²) in [5, 5.41) is 0. The molecule has 0 aliphatic heterocycles. The van der Waals surface area contributed by atoms with Gasteiger partial charge < -0.3 is 0 Å². The summed E-state index contributed by atoms with van der Waals surface area (Å²) in [4.78, 5) is 32.6. The van der Waals surface area contributed by atoms with Crippen LogP contribution in [-0.4, -0.2) is 17.9 Å². The third kappa shape index (κ3) is 1.09. The van der Waals surface area contributed by atoms with Crippen molar-refractivity contribution in [2.24, 2.45) is 0 Å². The fourth-order valence-electron chi connectivity index (χ4n) is 1.46. The maximum absolute atomic E-state index is 11.2. The Labute approximate surface area is 74.4 Å². The Morgan fingerprint density at radius 2 is 2.00 bits per heavy atom. The van der Waals surface area contributed by atoms with Gasteiger partial charge >= 0.3 is 0 Å². The molecule has 0 fully saturated rings. The second-order valence-corrected chi connectivity index (χ2v) is 2.96. The number of carbonyl (C=O) groups is 3. The minimum Gasteiger partial charge on any atom is -0.298 e. The molecule has 2 rings (SSSR count). The minimum absolute atomic E-state index is 0.135. The molecule has 3 heteroatoms. The predicted molar refractivity (Wildman–Crippen MR) is 44.9 cm³/mol. The first-order chi connectivity index (χ1) is 6.22. The van der Waals surface area contributed by atoms with Crippen LogP contribution < -0.4 is 0 Å². The maximum atomic E-state index is 11.2. The lowest BCUT2D eigenvalue weighted by atomic mass is 10.1. The summed E-state index contributed by atoms with van der Waals surface area (Å²) in [6.07, 6.45) is 0.837. The summed E-state index contributed by atoms with van der Waals surface area (Å²) >= 11 is 0. The van der Waals surface area contributed by atoms with Crippen molar-refractivity contribution in [1.29, 1.82) is 0 Å². The number of rotatable bonds is 1. The van der Waals surface area contributed by atoms with E-state index in [-0.39, 0.29) is 6.42 Å². The first kappa shape index (κ1) is 7.86. The van der Waals surface area contributed by atoms with Crippen LogP contribution in [0.3, 0.4) is 0 Å². The van der Waals surface area contributed by atoms with E-state index in [0.717, 1.165) is 0 Å². The zero-order valence-electron chi connectivity index (χ0n) is 6.74. The normalized spacial score (nSPS) is 14.5. The van der Waals surface area contributed by atoms with Gasteiger partial charge in [-0.3, -0.25) is 14.4 Å². The Kier molecular flexibility index (Phi) is 1.59. The van der Waals surface area contributed by atoms with E-state index in [1.807, 2.05) is 0 Å². The summed E-state index contributed by atoms with van der Waals surface area (Å²) in [5.74, 6) is -0.828. The smallest absolute Gasteiger partial charge is 0.229 e. The van der Waals surface area contributed by atoms with Gasteiger partial charge in [-0.25, -0.2) is 0 Å². The molecule has 1 aliphatic rings. The van der Waals surface area contributed by atoms with Crippen LogP contribution in [-0.2, 0) is 11.2 Å². The third-order valence-corrected chi connectivity index (χ3v) is 2.11. The highest BCUT2D eigenvalue weighted by molar-refractivity contribution is 6.47. The molecule has 0 aromatic heterocycles. The van der Waals surface area contributed by atoms with Crippen molar-refractivity contribution in [2.75, 3.05) is 0 Å². The Bertz CT molecular complexity index is 418. The van der Waals surface area contributed by atoms with E-state index >= 15 is 0 Å². The summed E-state index contributed by atoms with van der Waals surface area (Å²) in [7, 11) is 0. The van der Waals surface area contributed by atoms with Gasteiger partial charge in [0.05, 0.1) is 0 Å². The van der Waals surface area contributed by atoms with E-state index in [2.05, 4.69) is 0 Å². The molecule has 0 bridgehead atoms. The highest BCUT2D eigenvalue weighted by atomic mass is 16.2. The van der Waals surface area contributed by atoms with Crippen LogP contribution >= 0.6 is 0 Å². The van der Waals surface area contributed by atoms with Crippen molar-refractivity contribution in [1.82, 2.24) is 0 Å². The zero-order valence-corrected chi connectivity index (χ0v) is 6.74. The molecule has 0 unspecified atom stereocenters. The van der Waals surface area contributed by atoms with Gasteiger partial charge in [0.1, 0.15) is 6.29 Å². The quantitative estimate of drug-likeness (QED) is 0.467. The van der Waals surface area contributed by atoms with Gasteiger partial charge in [-0.05, 0) is 17.7 Å². The van der Waals surface area contributed by atoms with Crippen LogP contribution in [0.4, 0.5) is 0 Å². The van der Waals surface area contributed by atoms with Gasteiger partial charge in [-0.2, -0.15) is 0 Å². The van der Waals surface area contributed by atoms with Gasteiger partial charge in [-0.1, -0.05) is 6.07 Å². The van der Waals surface area contributed by atoms with E-state index in [0.29, 0.717) is 23.0 Å². The maximum Gasteiger partial charge on any atom is 0.229 e. The van der Waals surface area contributed by atoms with Crippen LogP contribution in [0.15, 0.2) is 18.2 Å². The number of fused-ring (bicyclic) bond motifs is 1. The second kappa shape index (κ2) is 2.62. The molecule has 0 heterocycles. The molecule has 1 aromatic carbocycles. The van der Waals surface area contributed by atoms with E-state index in [1.165, 1.54) is 6.07 Å². The lowest BCUT2D eigenvalue weighted by Crippen LogP contribution is -2.05. The molecule has 1 aliphatic carbocycles.